The van der Waals surface area contributed by atoms with Crippen LogP contribution in [0.5, 0.6) is 0 Å². The molecule has 2 aliphatic rings. The normalized spacial score (nSPS) is 13.5. The van der Waals surface area contributed by atoms with E-state index in [4.69, 9.17) is 15.0 Å². The Labute approximate surface area is 301 Å². The molecule has 4 nitrogen and oxygen atoms in total. The van der Waals surface area contributed by atoms with Crippen molar-refractivity contribution < 1.29 is 0 Å². The van der Waals surface area contributed by atoms with Crippen molar-refractivity contribution >= 4 is 28.8 Å². The second-order valence-corrected chi connectivity index (χ2v) is 13.9. The predicted octanol–water partition coefficient (Wildman–Crippen LogP) is 11.5. The van der Waals surface area contributed by atoms with Crippen molar-refractivity contribution in [3.05, 3.63) is 204 Å². The highest BCUT2D eigenvalue weighted by Gasteiger charge is 2.50. The van der Waals surface area contributed by atoms with E-state index in [-0.39, 0.29) is 0 Å². The fourth-order valence-corrected chi connectivity index (χ4v) is 9.01. The van der Waals surface area contributed by atoms with Crippen LogP contribution in [0.4, 0.5) is 17.1 Å². The number of fused-ring (bicyclic) bond motifs is 8. The minimum Gasteiger partial charge on any atom is -0.310 e. The first kappa shape index (κ1) is 29.6. The smallest absolute Gasteiger partial charge is 0.164 e. The SMILES string of the molecule is c1ccc(-c2nc(-c3ccccc3)nc(-c3cccc(N4c5ccccc5C5(c6ccccc6Sc6ccccc65)c5ccccc54)c3)n2)cc1. The largest absolute Gasteiger partial charge is 0.310 e. The van der Waals surface area contributed by atoms with E-state index < -0.39 is 5.41 Å². The van der Waals surface area contributed by atoms with E-state index >= 15 is 0 Å². The Morgan fingerprint density at radius 1 is 0.373 bits per heavy atom. The minimum absolute atomic E-state index is 0.483. The van der Waals surface area contributed by atoms with Gasteiger partial charge in [0.05, 0.1) is 16.8 Å². The standard InChI is InChI=1S/C46H30N4S/c1-3-16-31(17-4-1)43-47-44(32-18-5-2-6-19-32)49-45(48-43)33-20-15-21-34(30-33)50-39-26-11-7-22-35(39)46(36-23-8-12-27-40(36)50)37-24-9-13-28-41(37)51-42-29-14-10-25-38(42)46/h1-30H. The van der Waals surface area contributed by atoms with E-state index in [9.17, 15) is 0 Å². The van der Waals surface area contributed by atoms with Gasteiger partial charge in [0.25, 0.3) is 0 Å². The maximum atomic E-state index is 5.05. The van der Waals surface area contributed by atoms with E-state index in [1.165, 1.54) is 32.0 Å². The molecule has 0 bridgehead atoms. The lowest BCUT2D eigenvalue weighted by molar-refractivity contribution is 0.692. The van der Waals surface area contributed by atoms with Crippen LogP contribution in [-0.2, 0) is 5.41 Å². The van der Waals surface area contributed by atoms with Crippen molar-refractivity contribution in [2.24, 2.45) is 0 Å². The highest BCUT2D eigenvalue weighted by atomic mass is 32.2. The summed E-state index contributed by atoms with van der Waals surface area (Å²) in [6.07, 6.45) is 0. The third-order valence-electron chi connectivity index (χ3n) is 9.96. The van der Waals surface area contributed by atoms with Gasteiger partial charge in [0, 0.05) is 32.2 Å². The quantitative estimate of drug-likeness (QED) is 0.186. The summed E-state index contributed by atoms with van der Waals surface area (Å²) in [5.74, 6) is 1.92. The topological polar surface area (TPSA) is 41.9 Å². The van der Waals surface area contributed by atoms with E-state index in [0.29, 0.717) is 17.5 Å². The van der Waals surface area contributed by atoms with Gasteiger partial charge in [0.2, 0.25) is 0 Å². The number of nitrogens with zero attached hydrogens (tertiary/aromatic N) is 4. The van der Waals surface area contributed by atoms with Crippen molar-refractivity contribution in [3.63, 3.8) is 0 Å². The fourth-order valence-electron chi connectivity index (χ4n) is 7.82. The summed E-state index contributed by atoms with van der Waals surface area (Å²) in [5, 5.41) is 0. The summed E-state index contributed by atoms with van der Waals surface area (Å²) in [6, 6.07) is 64.5. The van der Waals surface area contributed by atoms with Gasteiger partial charge < -0.3 is 4.90 Å². The molecule has 8 aromatic rings. The van der Waals surface area contributed by atoms with Gasteiger partial charge >= 0.3 is 0 Å². The first-order chi connectivity index (χ1) is 25.3. The summed E-state index contributed by atoms with van der Waals surface area (Å²) in [7, 11) is 0. The Balaban J connectivity index is 1.19. The molecule has 0 radical (unpaired) electrons. The lowest BCUT2D eigenvalue weighted by Gasteiger charge is -2.49. The average molecular weight is 671 g/mol. The van der Waals surface area contributed by atoms with Gasteiger partial charge in [-0.25, -0.2) is 15.0 Å². The van der Waals surface area contributed by atoms with Crippen molar-refractivity contribution in [3.8, 4) is 34.2 Å². The first-order valence-corrected chi connectivity index (χ1v) is 17.9. The fraction of sp³-hybridized carbons (Fsp3) is 0.0217. The zero-order valence-corrected chi connectivity index (χ0v) is 28.3. The van der Waals surface area contributed by atoms with Crippen LogP contribution >= 0.6 is 11.8 Å². The van der Waals surface area contributed by atoms with Crippen LogP contribution in [-0.4, -0.2) is 15.0 Å². The summed E-state index contributed by atoms with van der Waals surface area (Å²) in [6.45, 7) is 0. The van der Waals surface area contributed by atoms with Gasteiger partial charge in [-0.1, -0.05) is 157 Å². The molecule has 51 heavy (non-hydrogen) atoms. The number of para-hydroxylation sites is 2. The molecule has 1 spiro atoms. The second-order valence-electron chi connectivity index (χ2n) is 12.8. The molecule has 0 saturated carbocycles. The minimum atomic E-state index is -0.483. The maximum Gasteiger partial charge on any atom is 0.164 e. The molecule has 0 N–H and O–H groups in total. The number of hydrogen-bond acceptors (Lipinski definition) is 5. The molecule has 240 valence electrons. The van der Waals surface area contributed by atoms with E-state index in [1.54, 1.807) is 0 Å². The van der Waals surface area contributed by atoms with Crippen LogP contribution in [0.25, 0.3) is 34.2 Å². The Hall–Kier alpha value is -6.30. The third kappa shape index (κ3) is 4.66. The molecule has 10 rings (SSSR count). The van der Waals surface area contributed by atoms with Crippen LogP contribution in [0.1, 0.15) is 22.3 Å². The van der Waals surface area contributed by atoms with Crippen molar-refractivity contribution in [2.75, 3.05) is 4.90 Å². The molecule has 0 atom stereocenters. The van der Waals surface area contributed by atoms with Gasteiger partial charge in [-0.05, 0) is 58.7 Å². The summed E-state index contributed by atoms with van der Waals surface area (Å²) in [5.41, 5.74) is 10.8. The van der Waals surface area contributed by atoms with Crippen LogP contribution in [0, 0.1) is 0 Å². The molecule has 5 heteroatoms. The average Bonchev–Trinajstić information content (AvgIpc) is 3.21. The Morgan fingerprint density at radius 2 is 0.784 bits per heavy atom. The van der Waals surface area contributed by atoms with Crippen molar-refractivity contribution in [2.45, 2.75) is 15.2 Å². The Kier molecular flexibility index (Phi) is 6.93. The van der Waals surface area contributed by atoms with Gasteiger partial charge in [-0.3, -0.25) is 0 Å². The number of anilines is 3. The third-order valence-corrected chi connectivity index (χ3v) is 11.1. The molecule has 0 aliphatic carbocycles. The predicted molar refractivity (Wildman–Crippen MR) is 207 cm³/mol. The van der Waals surface area contributed by atoms with Crippen LogP contribution in [0.15, 0.2) is 192 Å². The second kappa shape index (κ2) is 11.9. The van der Waals surface area contributed by atoms with Crippen molar-refractivity contribution in [1.82, 2.24) is 15.0 Å². The molecule has 0 saturated heterocycles. The molecule has 2 aliphatic heterocycles. The van der Waals surface area contributed by atoms with Gasteiger partial charge in [0.1, 0.15) is 0 Å². The lowest BCUT2D eigenvalue weighted by Crippen LogP contribution is -2.39. The van der Waals surface area contributed by atoms with Crippen LogP contribution in [0.2, 0.25) is 0 Å². The number of hydrogen-bond donors (Lipinski definition) is 0. The summed E-state index contributed by atoms with van der Waals surface area (Å²) < 4.78 is 0. The Bertz CT molecular complexity index is 2430. The molecule has 1 aromatic heterocycles. The van der Waals surface area contributed by atoms with Gasteiger partial charge in [-0.2, -0.15) is 0 Å². The lowest BCUT2D eigenvalue weighted by atomic mass is 9.62. The Morgan fingerprint density at radius 3 is 1.31 bits per heavy atom. The number of benzene rings is 7. The van der Waals surface area contributed by atoms with E-state index in [1.807, 2.05) is 72.4 Å². The van der Waals surface area contributed by atoms with E-state index in [2.05, 4.69) is 126 Å². The molecule has 0 unspecified atom stereocenters. The molecule has 3 heterocycles. The molecule has 0 amide bonds. The van der Waals surface area contributed by atoms with Crippen molar-refractivity contribution in [1.29, 1.82) is 0 Å². The van der Waals surface area contributed by atoms with Crippen LogP contribution < -0.4 is 4.90 Å². The maximum absolute atomic E-state index is 5.05. The van der Waals surface area contributed by atoms with Gasteiger partial charge in [0.15, 0.2) is 17.5 Å². The van der Waals surface area contributed by atoms with Gasteiger partial charge in [-0.15, -0.1) is 0 Å². The molecule has 7 aromatic carbocycles. The van der Waals surface area contributed by atoms with E-state index in [0.717, 1.165) is 33.8 Å². The first-order valence-electron chi connectivity index (χ1n) is 17.1. The highest BCUT2D eigenvalue weighted by Crippen LogP contribution is 2.62. The number of aromatic nitrogens is 3. The summed E-state index contributed by atoms with van der Waals surface area (Å²) >= 11 is 1.86. The summed E-state index contributed by atoms with van der Waals surface area (Å²) in [4.78, 5) is 20.0. The molecular formula is C46H30N4S. The van der Waals surface area contributed by atoms with Crippen LogP contribution in [0.3, 0.4) is 0 Å². The monoisotopic (exact) mass is 670 g/mol. The zero-order valence-electron chi connectivity index (χ0n) is 27.5. The zero-order chi connectivity index (χ0) is 33.8. The molecular weight excluding hydrogens is 641 g/mol. The highest BCUT2D eigenvalue weighted by molar-refractivity contribution is 7.99. The number of rotatable bonds is 4. The molecule has 0 fully saturated rings.